The van der Waals surface area contributed by atoms with Gasteiger partial charge in [0.05, 0.1) is 22.3 Å². The zero-order valence-corrected chi connectivity index (χ0v) is 15.3. The van der Waals surface area contributed by atoms with Gasteiger partial charge in [0.25, 0.3) is 5.91 Å². The third-order valence-electron chi connectivity index (χ3n) is 4.43. The summed E-state index contributed by atoms with van der Waals surface area (Å²) in [7, 11) is 0. The lowest BCUT2D eigenvalue weighted by Crippen LogP contribution is -2.52. The van der Waals surface area contributed by atoms with Crippen LogP contribution in [-0.4, -0.2) is 43.1 Å². The molecule has 0 aliphatic carbocycles. The number of rotatable bonds is 4. The summed E-state index contributed by atoms with van der Waals surface area (Å²) >= 11 is 6.26. The van der Waals surface area contributed by atoms with E-state index in [1.807, 2.05) is 29.2 Å². The normalized spacial score (nSPS) is 15.3. The minimum absolute atomic E-state index is 0.0341. The van der Waals surface area contributed by atoms with Crippen LogP contribution < -0.4 is 9.64 Å². The fraction of sp³-hybridized carbons (Fsp3) is 0.300. The molecule has 0 aromatic heterocycles. The standard InChI is InChI=1S/C20H20ClN3O2/c1-15(26-17-8-6-16(14-22)7-9-17)20(25)24-12-10-23(11-13-24)19-5-3-2-4-18(19)21/h2-9,15H,10-13H2,1H3/t15-/m0/s1. The van der Waals surface area contributed by atoms with E-state index in [1.54, 1.807) is 31.2 Å². The number of carbonyl (C=O) groups excluding carboxylic acids is 1. The summed E-state index contributed by atoms with van der Waals surface area (Å²) in [4.78, 5) is 16.7. The van der Waals surface area contributed by atoms with Crippen molar-refractivity contribution in [1.29, 1.82) is 5.26 Å². The molecule has 5 nitrogen and oxygen atoms in total. The number of hydrogen-bond donors (Lipinski definition) is 0. The maximum Gasteiger partial charge on any atom is 0.263 e. The van der Waals surface area contributed by atoms with Crippen molar-refractivity contribution in [2.75, 3.05) is 31.1 Å². The van der Waals surface area contributed by atoms with E-state index in [0.717, 1.165) is 23.8 Å². The molecule has 0 saturated carbocycles. The molecule has 1 fully saturated rings. The number of piperazine rings is 1. The number of nitrogens with zero attached hydrogens (tertiary/aromatic N) is 3. The van der Waals surface area contributed by atoms with Crippen LogP contribution in [0.4, 0.5) is 5.69 Å². The van der Waals surface area contributed by atoms with Crippen LogP contribution in [0.25, 0.3) is 0 Å². The molecule has 1 saturated heterocycles. The van der Waals surface area contributed by atoms with Crippen molar-refractivity contribution < 1.29 is 9.53 Å². The average Bonchev–Trinajstić information content (AvgIpc) is 2.68. The predicted octanol–water partition coefficient (Wildman–Crippen LogP) is 3.33. The Balaban J connectivity index is 1.56. The fourth-order valence-electron chi connectivity index (χ4n) is 3.00. The zero-order chi connectivity index (χ0) is 18.5. The number of ether oxygens (including phenoxy) is 1. The summed E-state index contributed by atoms with van der Waals surface area (Å²) in [5, 5.41) is 9.55. The number of halogens is 1. The van der Waals surface area contributed by atoms with Crippen LogP contribution in [0, 0.1) is 11.3 Å². The smallest absolute Gasteiger partial charge is 0.263 e. The topological polar surface area (TPSA) is 56.6 Å². The van der Waals surface area contributed by atoms with Gasteiger partial charge in [-0.25, -0.2) is 0 Å². The first-order valence-corrected chi connectivity index (χ1v) is 8.91. The monoisotopic (exact) mass is 369 g/mol. The van der Waals surface area contributed by atoms with E-state index in [-0.39, 0.29) is 5.91 Å². The van der Waals surface area contributed by atoms with Crippen LogP contribution in [-0.2, 0) is 4.79 Å². The van der Waals surface area contributed by atoms with Gasteiger partial charge in [-0.2, -0.15) is 5.26 Å². The van der Waals surface area contributed by atoms with Crippen molar-refractivity contribution >= 4 is 23.2 Å². The Kier molecular flexibility index (Phi) is 5.65. The molecule has 0 bridgehead atoms. The number of hydrogen-bond acceptors (Lipinski definition) is 4. The van der Waals surface area contributed by atoms with Gasteiger partial charge in [0.15, 0.2) is 6.10 Å². The molecule has 6 heteroatoms. The fourth-order valence-corrected chi connectivity index (χ4v) is 3.25. The molecule has 3 rings (SSSR count). The van der Waals surface area contributed by atoms with Crippen molar-refractivity contribution in [3.8, 4) is 11.8 Å². The molecule has 2 aromatic carbocycles. The highest BCUT2D eigenvalue weighted by Gasteiger charge is 2.26. The van der Waals surface area contributed by atoms with E-state index in [0.29, 0.717) is 24.4 Å². The molecule has 1 aliphatic heterocycles. The Labute approximate surface area is 158 Å². The van der Waals surface area contributed by atoms with Crippen molar-refractivity contribution in [2.45, 2.75) is 13.0 Å². The molecule has 0 radical (unpaired) electrons. The lowest BCUT2D eigenvalue weighted by atomic mass is 10.2. The number of nitriles is 1. The highest BCUT2D eigenvalue weighted by molar-refractivity contribution is 6.33. The van der Waals surface area contributed by atoms with Gasteiger partial charge in [-0.3, -0.25) is 4.79 Å². The summed E-state index contributed by atoms with van der Waals surface area (Å²) in [6, 6.07) is 16.6. The molecule has 0 unspecified atom stereocenters. The molecular weight excluding hydrogens is 350 g/mol. The molecule has 1 amide bonds. The van der Waals surface area contributed by atoms with Gasteiger partial charge >= 0.3 is 0 Å². The molecule has 1 atom stereocenters. The summed E-state index contributed by atoms with van der Waals surface area (Å²) in [5.41, 5.74) is 1.56. The van der Waals surface area contributed by atoms with Gasteiger partial charge in [0.2, 0.25) is 0 Å². The Morgan fingerprint density at radius 1 is 1.12 bits per heavy atom. The van der Waals surface area contributed by atoms with E-state index in [9.17, 15) is 4.79 Å². The molecule has 134 valence electrons. The second-order valence-corrected chi connectivity index (χ2v) is 6.57. The highest BCUT2D eigenvalue weighted by atomic mass is 35.5. The SMILES string of the molecule is C[C@H](Oc1ccc(C#N)cc1)C(=O)N1CCN(c2ccccc2Cl)CC1. The second kappa shape index (κ2) is 8.11. The Morgan fingerprint density at radius 3 is 2.38 bits per heavy atom. The van der Waals surface area contributed by atoms with Gasteiger partial charge in [0.1, 0.15) is 5.75 Å². The van der Waals surface area contributed by atoms with Gasteiger partial charge < -0.3 is 14.5 Å². The quantitative estimate of drug-likeness (QED) is 0.829. The Hall–Kier alpha value is -2.71. The van der Waals surface area contributed by atoms with Crippen molar-refractivity contribution in [1.82, 2.24) is 4.90 Å². The first-order valence-electron chi connectivity index (χ1n) is 8.53. The van der Waals surface area contributed by atoms with Crippen LogP contribution >= 0.6 is 11.6 Å². The van der Waals surface area contributed by atoms with E-state index >= 15 is 0 Å². The van der Waals surface area contributed by atoms with Crippen molar-refractivity contribution in [3.05, 3.63) is 59.1 Å². The van der Waals surface area contributed by atoms with Gasteiger partial charge in [-0.05, 0) is 43.3 Å². The lowest BCUT2D eigenvalue weighted by Gasteiger charge is -2.37. The van der Waals surface area contributed by atoms with Crippen LogP contribution in [0.1, 0.15) is 12.5 Å². The number of benzene rings is 2. The molecule has 26 heavy (non-hydrogen) atoms. The van der Waals surface area contributed by atoms with Gasteiger partial charge in [-0.1, -0.05) is 23.7 Å². The molecule has 1 aliphatic rings. The van der Waals surface area contributed by atoms with E-state index < -0.39 is 6.10 Å². The van der Waals surface area contributed by atoms with E-state index in [1.165, 1.54) is 0 Å². The molecule has 0 spiro atoms. The van der Waals surface area contributed by atoms with E-state index in [2.05, 4.69) is 11.0 Å². The Bertz CT molecular complexity index is 809. The van der Waals surface area contributed by atoms with Crippen molar-refractivity contribution in [3.63, 3.8) is 0 Å². The second-order valence-electron chi connectivity index (χ2n) is 6.16. The first kappa shape index (κ1) is 18.1. The third-order valence-corrected chi connectivity index (χ3v) is 4.75. The van der Waals surface area contributed by atoms with E-state index in [4.69, 9.17) is 21.6 Å². The van der Waals surface area contributed by atoms with Gasteiger partial charge in [-0.15, -0.1) is 0 Å². The van der Waals surface area contributed by atoms with Crippen molar-refractivity contribution in [2.24, 2.45) is 0 Å². The zero-order valence-electron chi connectivity index (χ0n) is 14.6. The first-order chi connectivity index (χ1) is 12.6. The molecule has 1 heterocycles. The number of anilines is 1. The summed E-state index contributed by atoms with van der Waals surface area (Å²) in [6.45, 7) is 4.48. The van der Waals surface area contributed by atoms with Crippen LogP contribution in [0.2, 0.25) is 5.02 Å². The van der Waals surface area contributed by atoms with Crippen LogP contribution in [0.5, 0.6) is 5.75 Å². The number of amides is 1. The largest absolute Gasteiger partial charge is 0.481 e. The summed E-state index contributed by atoms with van der Waals surface area (Å²) in [6.07, 6.45) is -0.574. The number of carbonyl (C=O) groups is 1. The molecule has 2 aromatic rings. The third kappa shape index (κ3) is 4.09. The average molecular weight is 370 g/mol. The molecular formula is C20H20ClN3O2. The number of para-hydroxylation sites is 1. The maximum absolute atomic E-state index is 12.6. The minimum Gasteiger partial charge on any atom is -0.481 e. The highest BCUT2D eigenvalue weighted by Crippen LogP contribution is 2.26. The summed E-state index contributed by atoms with van der Waals surface area (Å²) < 4.78 is 5.72. The lowest BCUT2D eigenvalue weighted by molar-refractivity contribution is -0.138. The summed E-state index contributed by atoms with van der Waals surface area (Å²) in [5.74, 6) is 0.549. The van der Waals surface area contributed by atoms with Crippen LogP contribution in [0.15, 0.2) is 48.5 Å². The predicted molar refractivity (Wildman–Crippen MR) is 101 cm³/mol. The molecule has 0 N–H and O–H groups in total. The maximum atomic E-state index is 12.6. The van der Waals surface area contributed by atoms with Crippen LogP contribution in [0.3, 0.4) is 0 Å². The van der Waals surface area contributed by atoms with Gasteiger partial charge in [0, 0.05) is 26.2 Å². The Morgan fingerprint density at radius 2 is 1.77 bits per heavy atom. The minimum atomic E-state index is -0.574.